The van der Waals surface area contributed by atoms with Gasteiger partial charge in [0.2, 0.25) is 35.4 Å². The van der Waals surface area contributed by atoms with Crippen molar-refractivity contribution in [1.29, 1.82) is 0 Å². The first-order chi connectivity index (χ1) is 61.4. The molecule has 9 amide bonds. The molecule has 128 heavy (non-hydrogen) atoms. The van der Waals surface area contributed by atoms with Crippen molar-refractivity contribution in [2.45, 2.75) is 236 Å². The van der Waals surface area contributed by atoms with Gasteiger partial charge in [0.1, 0.15) is 42.7 Å². The highest BCUT2D eigenvalue weighted by Gasteiger charge is 2.80. The topological polar surface area (TPSA) is 455 Å². The van der Waals surface area contributed by atoms with Crippen molar-refractivity contribution in [3.05, 3.63) is 35.2 Å². The number of nitrogens with zero attached hydrogens (tertiary/aromatic N) is 4. The normalized spacial score (nSPS) is 26.8. The second-order valence-corrected chi connectivity index (χ2v) is 36.4. The Bertz CT molecular complexity index is 3880. The molecule has 5 fully saturated rings. The fraction of sp³-hybridized carbons (Fsp3) is 0.800. The largest absolute Gasteiger partial charge is 0.449 e. The van der Waals surface area contributed by atoms with E-state index in [1.54, 1.807) is 20.8 Å². The lowest BCUT2D eigenvalue weighted by Gasteiger charge is -2.63. The van der Waals surface area contributed by atoms with Gasteiger partial charge < -0.3 is 115 Å². The molecule has 38 heteroatoms. The predicted molar refractivity (Wildman–Crippen MR) is 462 cm³/mol. The zero-order valence-electron chi connectivity index (χ0n) is 76.4. The van der Waals surface area contributed by atoms with Crippen LogP contribution in [-0.4, -0.2) is 317 Å². The van der Waals surface area contributed by atoms with Crippen molar-refractivity contribution < 1.29 is 123 Å². The molecule has 4 saturated carbocycles. The Labute approximate surface area is 751 Å². The van der Waals surface area contributed by atoms with Gasteiger partial charge in [-0.05, 0) is 144 Å². The standard InChI is InChI=1S/C90H143F2N13O23/c1-9-20-79-127-75-55-65-66-54-68(91)67-53-61(106)27-30-87(67,4)89(66,92)73(107)56-88(65,5)90(75,128-79)74(108)57-98-82(112)69(24-19-32-96-85(93)115)100-84(114)80(60(2)3)101-83(113)70(99-77(110)29-38-118-42-46-122-49-51-123-47-43-119-39-34-97-86(116)126-58-64-62-21-13-10-11-14-22-63(62)64)23-17-18-31-94-78(111)59-125-72-26-16-12-15-25-71-81(72)102-103-104(71)35-40-120-44-48-124-52-50-121-45-41-117-37-28-76(109)95-33-36-105(6,7)8/h27,30,53,60,62-66,68-70,72-73,75,79-80,107H,9,12-26,28-29,31-52,54-59H2,1-8H3,(H9-,93,94,95,96,97,98,99,100,101,109,110,111,112,113,114,115,116)/p+1/t62-,63+,64?,65-,66-,68-,69-,70+,72?,73-,75+,79?,80-,87-,88-,89-,90+/m0/s1. The number of aliphatic hydroxyl groups is 1. The van der Waals surface area contributed by atoms with Crippen LogP contribution in [0.5, 0.6) is 0 Å². The molecule has 1 aromatic rings. The fourth-order valence-electron chi connectivity index (χ4n) is 19.1. The van der Waals surface area contributed by atoms with Crippen LogP contribution in [0.25, 0.3) is 0 Å². The number of quaternary nitrogens is 1. The summed E-state index contributed by atoms with van der Waals surface area (Å²) in [4.78, 5) is 135. The van der Waals surface area contributed by atoms with Gasteiger partial charge in [0.15, 0.2) is 29.1 Å². The Hall–Kier alpha value is -7.78. The number of nitrogens with one attached hydrogen (secondary N) is 8. The highest BCUT2D eigenvalue weighted by molar-refractivity contribution is 6.01. The van der Waals surface area contributed by atoms with Crippen LogP contribution in [0, 0.1) is 58.2 Å². The summed E-state index contributed by atoms with van der Waals surface area (Å²) in [5.41, 5.74) is -0.504. The summed E-state index contributed by atoms with van der Waals surface area (Å²) < 4.78 is 107. The number of hydrogen-bond acceptors (Lipinski definition) is 25. The number of Topliss-reactive ketones (excluding diaryl/α,β-unsaturated/α-hetero) is 1. The number of halogens is 2. The summed E-state index contributed by atoms with van der Waals surface area (Å²) in [7, 11) is 6.21. The first-order valence-corrected chi connectivity index (χ1v) is 46.3. The van der Waals surface area contributed by atoms with E-state index in [0.717, 1.165) is 74.2 Å². The number of unbranched alkanes of at least 4 members (excludes halogenated alkanes) is 1. The molecular formula is C90H144F2N13O23+. The van der Waals surface area contributed by atoms with Gasteiger partial charge in [0, 0.05) is 62.1 Å². The first kappa shape index (κ1) is 104. The van der Waals surface area contributed by atoms with Gasteiger partial charge in [0.05, 0.1) is 178 Å². The number of alkyl carbamates (subject to hydrolysis) is 1. The SMILES string of the molecule is CCCC1O[C@@H]2C[C@H]3[C@@H]4C[C@H](F)C5=CC(=O)C=C[C@]5(C)[C@@]4(F)[C@@H](O)C[C@]3(C)[C@]2(C(=O)CNC(=O)[C@H](CCCNC(N)=O)NC(=O)[C@@H](NC(=O)[C@@H](CCCCNC(=O)COC2CCCCCc3c2nnn3CCOCCOCCOCCOCCC(=O)NCC[N+](C)(C)C)NC(=O)CCOCCOCCOCCOCCNC(=O)OCC2[C@H]3CCC#CCC[C@@H]23)C(C)C)O1. The second-order valence-electron chi connectivity index (χ2n) is 36.4. The zero-order valence-corrected chi connectivity index (χ0v) is 76.4. The number of alkyl halides is 2. The molecule has 3 unspecified atom stereocenters. The number of aromatic nitrogens is 3. The second kappa shape index (κ2) is 51.9. The smallest absolute Gasteiger partial charge is 0.407 e. The number of aliphatic hydroxyl groups excluding tert-OH is 1. The molecule has 36 nitrogen and oxygen atoms in total. The summed E-state index contributed by atoms with van der Waals surface area (Å²) >= 11 is 0. The number of rotatable bonds is 59. The number of primary amides is 1. The van der Waals surface area contributed by atoms with E-state index in [1.807, 2.05) is 11.6 Å². The molecule has 1 saturated heterocycles. The summed E-state index contributed by atoms with van der Waals surface area (Å²) in [6, 6.07) is -4.81. The Morgan fingerprint density at radius 1 is 0.680 bits per heavy atom. The number of likely N-dealkylation sites (N-methyl/N-ethyl adjacent to an activating group) is 1. The molecule has 1 aromatic heterocycles. The van der Waals surface area contributed by atoms with Gasteiger partial charge in [-0.3, -0.25) is 38.4 Å². The Morgan fingerprint density at radius 3 is 1.93 bits per heavy atom. The number of fused-ring (bicyclic) bond motifs is 9. The van der Waals surface area contributed by atoms with Crippen LogP contribution in [0.15, 0.2) is 23.8 Å². The van der Waals surface area contributed by atoms with Crippen molar-refractivity contribution in [1.82, 2.24) is 57.5 Å². The number of hydrogen-bond donors (Lipinski definition) is 10. The van der Waals surface area contributed by atoms with Gasteiger partial charge in [-0.15, -0.1) is 16.9 Å². The van der Waals surface area contributed by atoms with Crippen LogP contribution < -0.4 is 48.3 Å². The Balaban J connectivity index is 0.741. The third-order valence-corrected chi connectivity index (χ3v) is 26.0. The minimum absolute atomic E-state index is 0.0225. The number of carbonyl (C=O) groups excluding carboxylic acids is 10. The van der Waals surface area contributed by atoms with E-state index in [0.29, 0.717) is 154 Å². The molecule has 0 aromatic carbocycles. The average Bonchev–Trinajstić information content (AvgIpc) is 1.45. The van der Waals surface area contributed by atoms with Gasteiger partial charge in [-0.1, -0.05) is 58.2 Å². The monoisotopic (exact) mass is 1810 g/mol. The van der Waals surface area contributed by atoms with E-state index in [-0.39, 0.29) is 122 Å². The van der Waals surface area contributed by atoms with E-state index in [1.165, 1.54) is 19.1 Å². The van der Waals surface area contributed by atoms with Crippen molar-refractivity contribution >= 4 is 59.1 Å². The highest BCUT2D eigenvalue weighted by Crippen LogP contribution is 2.72. The van der Waals surface area contributed by atoms with Crippen LogP contribution in [-0.2, 0) is 108 Å². The summed E-state index contributed by atoms with van der Waals surface area (Å²) in [5.74, 6) is 0.854. The molecule has 0 spiro atoms. The molecule has 8 aliphatic rings. The number of ketones is 2. The number of nitrogens with two attached hydrogens (primary N) is 1. The quantitative estimate of drug-likeness (QED) is 0.0249. The average molecular weight is 1810 g/mol. The zero-order chi connectivity index (χ0) is 92.3. The van der Waals surface area contributed by atoms with E-state index in [2.05, 4.69) is 85.8 Å². The first-order valence-electron chi connectivity index (χ1n) is 46.3. The fourth-order valence-corrected chi connectivity index (χ4v) is 19.1. The molecule has 2 heterocycles. The van der Waals surface area contributed by atoms with E-state index in [9.17, 15) is 48.3 Å². The summed E-state index contributed by atoms with van der Waals surface area (Å²) in [6.07, 6.45) is 6.31. The maximum absolute atomic E-state index is 18.3. The minimum Gasteiger partial charge on any atom is -0.449 e. The third-order valence-electron chi connectivity index (χ3n) is 26.0. The van der Waals surface area contributed by atoms with Crippen molar-refractivity contribution in [2.75, 3.05) is 179 Å². The Kier molecular flexibility index (Phi) is 42.1. The van der Waals surface area contributed by atoms with Crippen molar-refractivity contribution in [3.63, 3.8) is 0 Å². The number of allylic oxidation sites excluding steroid dienone is 4. The van der Waals surface area contributed by atoms with Crippen LogP contribution >= 0.6 is 0 Å². The van der Waals surface area contributed by atoms with Gasteiger partial charge in [0.25, 0.3) is 0 Å². The third kappa shape index (κ3) is 29.9. The molecular weight excluding hydrogens is 1670 g/mol. The van der Waals surface area contributed by atoms with Gasteiger partial charge in [-0.25, -0.2) is 23.1 Å². The van der Waals surface area contributed by atoms with Crippen molar-refractivity contribution in [3.8, 4) is 11.8 Å². The summed E-state index contributed by atoms with van der Waals surface area (Å²) in [6.45, 7) is 14.8. The Morgan fingerprint density at radius 2 is 1.29 bits per heavy atom. The molecule has 7 aliphatic carbocycles. The lowest BCUT2D eigenvalue weighted by atomic mass is 9.44. The highest BCUT2D eigenvalue weighted by atomic mass is 19.1. The summed E-state index contributed by atoms with van der Waals surface area (Å²) in [5, 5.41) is 43.2. The number of amides is 9. The molecule has 9 rings (SSSR count). The van der Waals surface area contributed by atoms with Gasteiger partial charge in [-0.2, -0.15) is 0 Å². The lowest BCUT2D eigenvalue weighted by molar-refractivity contribution is -0.869. The van der Waals surface area contributed by atoms with Crippen LogP contribution in [0.1, 0.15) is 181 Å². The molecule has 0 radical (unpaired) electrons. The molecule has 11 N–H and O–H groups in total. The van der Waals surface area contributed by atoms with E-state index in [4.69, 9.17) is 62.6 Å². The van der Waals surface area contributed by atoms with Gasteiger partial charge >= 0.3 is 12.1 Å². The molecule has 720 valence electrons. The number of carbonyl (C=O) groups is 10. The molecule has 17 atom stereocenters. The van der Waals surface area contributed by atoms with Crippen LogP contribution in [0.4, 0.5) is 18.4 Å². The van der Waals surface area contributed by atoms with E-state index < -0.39 is 143 Å². The molecule has 1 aliphatic heterocycles. The minimum atomic E-state index is -2.47. The van der Waals surface area contributed by atoms with Crippen LogP contribution in [0.3, 0.4) is 0 Å². The number of urea groups is 1. The predicted octanol–water partition coefficient (Wildman–Crippen LogP) is 4.09. The molecule has 0 bridgehead atoms. The lowest BCUT2D eigenvalue weighted by Crippen LogP contribution is -2.71. The maximum atomic E-state index is 18.3. The number of ether oxygens (including phenoxy) is 12. The van der Waals surface area contributed by atoms with Crippen LogP contribution in [0.2, 0.25) is 0 Å². The maximum Gasteiger partial charge on any atom is 0.407 e. The van der Waals surface area contributed by atoms with E-state index >= 15 is 13.6 Å². The van der Waals surface area contributed by atoms with Crippen molar-refractivity contribution in [2.24, 2.45) is 52.1 Å².